The predicted octanol–water partition coefficient (Wildman–Crippen LogP) is 2.12. The lowest BCUT2D eigenvalue weighted by atomic mass is 10.3. The van der Waals surface area contributed by atoms with Crippen molar-refractivity contribution in [1.29, 1.82) is 0 Å². The highest BCUT2D eigenvalue weighted by atomic mass is 32.2. The molecule has 1 aliphatic heterocycles. The highest BCUT2D eigenvalue weighted by Gasteiger charge is 2.25. The Morgan fingerprint density at radius 3 is 3.05 bits per heavy atom. The molecule has 1 aromatic heterocycles. The van der Waals surface area contributed by atoms with E-state index in [1.807, 2.05) is 23.1 Å². The molecule has 0 radical (unpaired) electrons. The maximum Gasteiger partial charge on any atom is 0.111 e. The first kappa shape index (κ1) is 15.3. The number of methoxy groups -OCH3 is 1. The van der Waals surface area contributed by atoms with Crippen molar-refractivity contribution in [2.24, 2.45) is 0 Å². The summed E-state index contributed by atoms with van der Waals surface area (Å²) in [5, 5.41) is 4.63. The van der Waals surface area contributed by atoms with Crippen LogP contribution in [0.3, 0.4) is 0 Å². The van der Waals surface area contributed by atoms with Crippen molar-refractivity contribution >= 4 is 23.1 Å². The average Bonchev–Trinajstić information content (AvgIpc) is 2.80. The molecule has 2 heterocycles. The summed E-state index contributed by atoms with van der Waals surface area (Å²) in [5.41, 5.74) is 1.10. The molecule has 0 bridgehead atoms. The number of ether oxygens (including phenoxy) is 1. The lowest BCUT2D eigenvalue weighted by molar-refractivity contribution is 0.180. The Kier molecular flexibility index (Phi) is 6.09. The third-order valence-corrected chi connectivity index (χ3v) is 5.51. The largest absolute Gasteiger partial charge is 0.378 e. The van der Waals surface area contributed by atoms with Crippen LogP contribution in [0.5, 0.6) is 0 Å². The fourth-order valence-electron chi connectivity index (χ4n) is 2.12. The number of hydrogen-bond acceptors (Lipinski definition) is 6. The van der Waals surface area contributed by atoms with E-state index in [0.29, 0.717) is 12.6 Å². The third kappa shape index (κ3) is 3.92. The molecule has 108 valence electrons. The van der Waals surface area contributed by atoms with E-state index in [1.54, 1.807) is 7.11 Å². The van der Waals surface area contributed by atoms with Crippen molar-refractivity contribution in [3.8, 4) is 0 Å². The lowest BCUT2D eigenvalue weighted by Gasteiger charge is -2.30. The van der Waals surface area contributed by atoms with Crippen LogP contribution in [0.15, 0.2) is 0 Å². The van der Waals surface area contributed by atoms with Crippen LogP contribution in [0.1, 0.15) is 28.5 Å². The topological polar surface area (TPSA) is 37.4 Å². The fourth-order valence-corrected chi connectivity index (χ4v) is 4.65. The van der Waals surface area contributed by atoms with Gasteiger partial charge in [0.05, 0.1) is 18.3 Å². The average molecular weight is 301 g/mol. The van der Waals surface area contributed by atoms with Gasteiger partial charge in [0, 0.05) is 36.6 Å². The van der Waals surface area contributed by atoms with Crippen molar-refractivity contribution in [2.75, 3.05) is 38.8 Å². The van der Waals surface area contributed by atoms with Gasteiger partial charge in [0.15, 0.2) is 0 Å². The van der Waals surface area contributed by atoms with E-state index in [0.717, 1.165) is 31.1 Å². The Labute approximate surface area is 123 Å². The second kappa shape index (κ2) is 7.59. The molecular formula is C13H23N3OS2. The predicted molar refractivity (Wildman–Crippen MR) is 82.9 cm³/mol. The first-order valence-electron chi connectivity index (χ1n) is 6.72. The van der Waals surface area contributed by atoms with Gasteiger partial charge in [-0.3, -0.25) is 4.90 Å². The first-order valence-corrected chi connectivity index (χ1v) is 8.69. The van der Waals surface area contributed by atoms with E-state index in [9.17, 15) is 0 Å². The number of nitrogens with one attached hydrogen (secondary N) is 1. The highest BCUT2D eigenvalue weighted by Crippen LogP contribution is 2.32. The molecule has 1 N–H and O–H groups in total. The molecule has 0 amide bonds. The molecule has 1 aliphatic rings. The zero-order valence-electron chi connectivity index (χ0n) is 11.9. The van der Waals surface area contributed by atoms with Crippen LogP contribution in [0.4, 0.5) is 0 Å². The van der Waals surface area contributed by atoms with Crippen LogP contribution in [0.25, 0.3) is 0 Å². The van der Waals surface area contributed by atoms with Crippen molar-refractivity contribution in [3.63, 3.8) is 0 Å². The van der Waals surface area contributed by atoms with Gasteiger partial charge in [-0.25, -0.2) is 4.98 Å². The van der Waals surface area contributed by atoms with Gasteiger partial charge in [-0.2, -0.15) is 11.8 Å². The van der Waals surface area contributed by atoms with Crippen LogP contribution in [0.2, 0.25) is 0 Å². The minimum absolute atomic E-state index is 0.467. The number of thiazole rings is 1. The van der Waals surface area contributed by atoms with Crippen LogP contribution < -0.4 is 5.32 Å². The zero-order chi connectivity index (χ0) is 13.7. The molecule has 0 aromatic carbocycles. The summed E-state index contributed by atoms with van der Waals surface area (Å²) in [6.45, 7) is 5.77. The molecule has 0 aliphatic carbocycles. The summed E-state index contributed by atoms with van der Waals surface area (Å²) in [7, 11) is 3.93. The molecule has 1 aromatic rings. The Morgan fingerprint density at radius 2 is 2.37 bits per heavy atom. The quantitative estimate of drug-likeness (QED) is 0.871. The number of nitrogens with zero attached hydrogens (tertiary/aromatic N) is 2. The number of aromatic nitrogens is 1. The molecule has 2 rings (SSSR count). The second-order valence-corrected chi connectivity index (χ2v) is 6.97. The normalized spacial score (nSPS) is 20.9. The number of rotatable bonds is 6. The Balaban J connectivity index is 2.15. The van der Waals surface area contributed by atoms with Gasteiger partial charge in [0.1, 0.15) is 5.01 Å². The van der Waals surface area contributed by atoms with E-state index in [4.69, 9.17) is 9.72 Å². The zero-order valence-corrected chi connectivity index (χ0v) is 13.6. The van der Waals surface area contributed by atoms with Crippen LogP contribution >= 0.6 is 23.1 Å². The van der Waals surface area contributed by atoms with Gasteiger partial charge in [-0.1, -0.05) is 6.92 Å². The minimum Gasteiger partial charge on any atom is -0.378 e. The van der Waals surface area contributed by atoms with E-state index in [1.165, 1.54) is 15.6 Å². The fraction of sp³-hybridized carbons (Fsp3) is 0.769. The molecule has 0 spiro atoms. The summed E-state index contributed by atoms with van der Waals surface area (Å²) in [4.78, 5) is 8.57. The van der Waals surface area contributed by atoms with Gasteiger partial charge in [0.2, 0.25) is 0 Å². The molecule has 1 fully saturated rings. The third-order valence-electron chi connectivity index (χ3n) is 3.29. The number of thioether (sulfide) groups is 1. The van der Waals surface area contributed by atoms with Crippen molar-refractivity contribution in [1.82, 2.24) is 15.2 Å². The molecule has 1 saturated heterocycles. The Bertz CT molecular complexity index is 397. The lowest BCUT2D eigenvalue weighted by Crippen LogP contribution is -2.32. The molecule has 1 atom stereocenters. The van der Waals surface area contributed by atoms with Crippen molar-refractivity contribution < 1.29 is 4.74 Å². The van der Waals surface area contributed by atoms with Crippen LogP contribution in [-0.4, -0.2) is 48.6 Å². The maximum atomic E-state index is 5.27. The summed E-state index contributed by atoms with van der Waals surface area (Å²) in [6.07, 6.45) is 0. The molecule has 4 nitrogen and oxygen atoms in total. The summed E-state index contributed by atoms with van der Waals surface area (Å²) >= 11 is 3.87. The highest BCUT2D eigenvalue weighted by molar-refractivity contribution is 7.99. The van der Waals surface area contributed by atoms with Gasteiger partial charge >= 0.3 is 0 Å². The summed E-state index contributed by atoms with van der Waals surface area (Å²) in [5.74, 6) is 2.38. The Morgan fingerprint density at radius 1 is 1.53 bits per heavy atom. The number of hydrogen-bond donors (Lipinski definition) is 1. The minimum atomic E-state index is 0.467. The molecule has 19 heavy (non-hydrogen) atoms. The van der Waals surface area contributed by atoms with E-state index >= 15 is 0 Å². The maximum absolute atomic E-state index is 5.27. The summed E-state index contributed by atoms with van der Waals surface area (Å²) < 4.78 is 5.27. The van der Waals surface area contributed by atoms with Gasteiger partial charge in [-0.15, -0.1) is 11.3 Å². The first-order chi connectivity index (χ1) is 9.26. The van der Waals surface area contributed by atoms with Gasteiger partial charge in [-0.05, 0) is 13.6 Å². The van der Waals surface area contributed by atoms with Crippen LogP contribution in [0, 0.1) is 0 Å². The van der Waals surface area contributed by atoms with Crippen LogP contribution in [-0.2, 0) is 17.9 Å². The molecular weight excluding hydrogens is 278 g/mol. The van der Waals surface area contributed by atoms with Gasteiger partial charge < -0.3 is 10.1 Å². The SMILES string of the molecule is CCNCc1sc(C2CSCCN2C)nc1COC. The van der Waals surface area contributed by atoms with Crippen molar-refractivity contribution in [3.05, 3.63) is 15.6 Å². The monoisotopic (exact) mass is 301 g/mol. The van der Waals surface area contributed by atoms with E-state index in [2.05, 4.69) is 24.2 Å². The van der Waals surface area contributed by atoms with E-state index in [-0.39, 0.29) is 0 Å². The molecule has 6 heteroatoms. The summed E-state index contributed by atoms with van der Waals surface area (Å²) in [6, 6.07) is 0.467. The Hall–Kier alpha value is -0.140. The standard InChI is InChI=1S/C13H23N3OS2/c1-4-14-7-12-10(8-17-3)15-13(19-12)11-9-18-6-5-16(11)2/h11,14H,4-9H2,1-3H3. The van der Waals surface area contributed by atoms with Gasteiger partial charge in [0.25, 0.3) is 0 Å². The second-order valence-electron chi connectivity index (χ2n) is 4.71. The van der Waals surface area contributed by atoms with Crippen molar-refractivity contribution in [2.45, 2.75) is 26.1 Å². The molecule has 1 unspecified atom stereocenters. The molecule has 0 saturated carbocycles. The van der Waals surface area contributed by atoms with E-state index < -0.39 is 0 Å². The smallest absolute Gasteiger partial charge is 0.111 e.